The summed E-state index contributed by atoms with van der Waals surface area (Å²) in [5, 5.41) is 12.5. The second kappa shape index (κ2) is 4.25. The number of nitrogens with two attached hydrogens (primary N) is 1. The minimum Gasteiger partial charge on any atom is -0.399 e. The topological polar surface area (TPSA) is 81.2 Å². The number of nitrogen functional groups attached to an aromatic ring is 1. The van der Waals surface area contributed by atoms with Crippen LogP contribution >= 0.6 is 0 Å². The molecule has 0 aliphatic rings. The van der Waals surface area contributed by atoms with Crippen LogP contribution in [0.15, 0.2) is 18.2 Å². The Hall–Kier alpha value is -1.99. The SMILES string of the molecule is Nc1ccc(NCC(F)(F)F)c([N+](=O)[O-])c1. The van der Waals surface area contributed by atoms with Crippen molar-refractivity contribution in [2.24, 2.45) is 0 Å². The second-order valence-corrected chi connectivity index (χ2v) is 3.00. The standard InChI is InChI=1S/C8H8F3N3O2/c9-8(10,11)4-13-6-2-1-5(12)3-7(6)14(15)16/h1-3,13H,4,12H2. The molecule has 0 unspecified atom stereocenters. The monoisotopic (exact) mass is 235 g/mol. The average Bonchev–Trinajstić information content (AvgIpc) is 2.14. The van der Waals surface area contributed by atoms with E-state index in [2.05, 4.69) is 0 Å². The molecule has 0 aromatic heterocycles. The van der Waals surface area contributed by atoms with Crippen molar-refractivity contribution in [3.05, 3.63) is 28.3 Å². The summed E-state index contributed by atoms with van der Waals surface area (Å²) in [5.74, 6) is 0. The highest BCUT2D eigenvalue weighted by Crippen LogP contribution is 2.27. The van der Waals surface area contributed by atoms with Crippen molar-refractivity contribution in [3.8, 4) is 0 Å². The van der Waals surface area contributed by atoms with E-state index in [0.717, 1.165) is 12.1 Å². The molecule has 1 rings (SSSR count). The third-order valence-corrected chi connectivity index (χ3v) is 1.70. The zero-order chi connectivity index (χ0) is 12.3. The average molecular weight is 235 g/mol. The number of benzene rings is 1. The van der Waals surface area contributed by atoms with Crippen molar-refractivity contribution in [2.75, 3.05) is 17.6 Å². The van der Waals surface area contributed by atoms with Crippen molar-refractivity contribution >= 4 is 17.1 Å². The largest absolute Gasteiger partial charge is 0.405 e. The van der Waals surface area contributed by atoms with Crippen LogP contribution in [0.3, 0.4) is 0 Å². The van der Waals surface area contributed by atoms with Gasteiger partial charge in [-0.3, -0.25) is 10.1 Å². The molecule has 0 heterocycles. The molecule has 0 saturated heterocycles. The van der Waals surface area contributed by atoms with Gasteiger partial charge in [-0.25, -0.2) is 0 Å². The predicted octanol–water partition coefficient (Wildman–Crippen LogP) is 2.15. The van der Waals surface area contributed by atoms with Crippen LogP contribution in [0.5, 0.6) is 0 Å². The van der Waals surface area contributed by atoms with Crippen molar-refractivity contribution in [2.45, 2.75) is 6.18 Å². The van der Waals surface area contributed by atoms with Gasteiger partial charge in [0.2, 0.25) is 0 Å². The van der Waals surface area contributed by atoms with Crippen molar-refractivity contribution in [1.29, 1.82) is 0 Å². The Labute approximate surface area is 88.2 Å². The summed E-state index contributed by atoms with van der Waals surface area (Å²) in [7, 11) is 0. The summed E-state index contributed by atoms with van der Waals surface area (Å²) in [6.45, 7) is -1.34. The first-order chi connectivity index (χ1) is 7.29. The first-order valence-electron chi connectivity index (χ1n) is 4.14. The van der Waals surface area contributed by atoms with Crippen molar-refractivity contribution < 1.29 is 18.1 Å². The molecule has 0 aliphatic heterocycles. The van der Waals surface area contributed by atoms with E-state index in [4.69, 9.17) is 5.73 Å². The van der Waals surface area contributed by atoms with Crippen molar-refractivity contribution in [1.82, 2.24) is 0 Å². The third kappa shape index (κ3) is 3.30. The zero-order valence-corrected chi connectivity index (χ0v) is 7.91. The van der Waals surface area contributed by atoms with Gasteiger partial charge in [0.15, 0.2) is 0 Å². The van der Waals surface area contributed by atoms with Gasteiger partial charge in [-0.1, -0.05) is 0 Å². The van der Waals surface area contributed by atoms with E-state index < -0.39 is 23.3 Å². The number of alkyl halides is 3. The van der Waals surface area contributed by atoms with E-state index in [1.54, 1.807) is 0 Å². The van der Waals surface area contributed by atoms with E-state index in [1.165, 1.54) is 6.07 Å². The van der Waals surface area contributed by atoms with Gasteiger partial charge < -0.3 is 11.1 Å². The highest BCUT2D eigenvalue weighted by molar-refractivity contribution is 5.66. The molecule has 16 heavy (non-hydrogen) atoms. The summed E-state index contributed by atoms with van der Waals surface area (Å²) >= 11 is 0. The Morgan fingerprint density at radius 1 is 1.44 bits per heavy atom. The molecular weight excluding hydrogens is 227 g/mol. The van der Waals surface area contributed by atoms with Gasteiger partial charge >= 0.3 is 6.18 Å². The Kier molecular flexibility index (Phi) is 3.21. The lowest BCUT2D eigenvalue weighted by Gasteiger charge is -2.09. The lowest BCUT2D eigenvalue weighted by Crippen LogP contribution is -2.21. The normalized spacial score (nSPS) is 11.2. The van der Waals surface area contributed by atoms with Crippen LogP contribution in [0.4, 0.5) is 30.2 Å². The van der Waals surface area contributed by atoms with Gasteiger partial charge in [0, 0.05) is 11.8 Å². The Bertz CT molecular complexity index is 406. The van der Waals surface area contributed by atoms with Crippen molar-refractivity contribution in [3.63, 3.8) is 0 Å². The number of hydrogen-bond acceptors (Lipinski definition) is 4. The maximum absolute atomic E-state index is 11.9. The van der Waals surface area contributed by atoms with E-state index in [1.807, 2.05) is 5.32 Å². The number of nitrogens with one attached hydrogen (secondary N) is 1. The maximum atomic E-state index is 11.9. The second-order valence-electron chi connectivity index (χ2n) is 3.00. The summed E-state index contributed by atoms with van der Waals surface area (Å²) in [6, 6.07) is 3.42. The number of nitrogens with zero attached hydrogens (tertiary/aromatic N) is 1. The van der Waals surface area contributed by atoms with Crippen LogP contribution in [0.25, 0.3) is 0 Å². The first kappa shape index (κ1) is 12.1. The van der Waals surface area contributed by atoms with Crippen LogP contribution in [-0.4, -0.2) is 17.6 Å². The highest BCUT2D eigenvalue weighted by Gasteiger charge is 2.28. The Morgan fingerprint density at radius 2 is 2.06 bits per heavy atom. The molecule has 5 nitrogen and oxygen atoms in total. The molecule has 1 aromatic rings. The zero-order valence-electron chi connectivity index (χ0n) is 7.91. The van der Waals surface area contributed by atoms with Crippen LogP contribution in [-0.2, 0) is 0 Å². The summed E-state index contributed by atoms with van der Waals surface area (Å²) < 4.78 is 35.7. The summed E-state index contributed by atoms with van der Waals surface area (Å²) in [6.07, 6.45) is -4.44. The summed E-state index contributed by atoms with van der Waals surface area (Å²) in [5.41, 5.74) is 4.71. The Balaban J connectivity index is 2.91. The van der Waals surface area contributed by atoms with E-state index in [-0.39, 0.29) is 11.4 Å². The van der Waals surface area contributed by atoms with Crippen LogP contribution in [0.1, 0.15) is 0 Å². The van der Waals surface area contributed by atoms with Gasteiger partial charge in [0.05, 0.1) is 4.92 Å². The van der Waals surface area contributed by atoms with E-state index in [9.17, 15) is 23.3 Å². The van der Waals surface area contributed by atoms with Crippen LogP contribution in [0, 0.1) is 10.1 Å². The molecule has 0 spiro atoms. The molecule has 0 radical (unpaired) electrons. The number of halogens is 3. The smallest absolute Gasteiger partial charge is 0.399 e. The first-order valence-corrected chi connectivity index (χ1v) is 4.14. The van der Waals surface area contributed by atoms with Gasteiger partial charge in [0.1, 0.15) is 12.2 Å². The molecule has 88 valence electrons. The quantitative estimate of drug-likeness (QED) is 0.477. The fourth-order valence-electron chi connectivity index (χ4n) is 1.04. The fourth-order valence-corrected chi connectivity index (χ4v) is 1.04. The molecule has 0 saturated carbocycles. The lowest BCUT2D eigenvalue weighted by atomic mass is 10.2. The van der Waals surface area contributed by atoms with E-state index >= 15 is 0 Å². The molecular formula is C8H8F3N3O2. The van der Waals surface area contributed by atoms with E-state index in [0.29, 0.717) is 0 Å². The third-order valence-electron chi connectivity index (χ3n) is 1.70. The maximum Gasteiger partial charge on any atom is 0.405 e. The van der Waals surface area contributed by atoms with Gasteiger partial charge in [-0.2, -0.15) is 13.2 Å². The molecule has 0 amide bonds. The highest BCUT2D eigenvalue weighted by atomic mass is 19.4. The minimum atomic E-state index is -4.44. The predicted molar refractivity (Wildman–Crippen MR) is 52.1 cm³/mol. The number of rotatable bonds is 3. The molecule has 0 fully saturated rings. The molecule has 0 aliphatic carbocycles. The molecule has 3 N–H and O–H groups in total. The van der Waals surface area contributed by atoms with Gasteiger partial charge in [0.25, 0.3) is 5.69 Å². The van der Waals surface area contributed by atoms with Gasteiger partial charge in [-0.05, 0) is 12.1 Å². The lowest BCUT2D eigenvalue weighted by molar-refractivity contribution is -0.383. The number of nitro benzene ring substituents is 1. The number of anilines is 2. The van der Waals surface area contributed by atoms with Crippen LogP contribution < -0.4 is 11.1 Å². The fraction of sp³-hybridized carbons (Fsp3) is 0.250. The molecule has 0 bridgehead atoms. The minimum absolute atomic E-state index is 0.115. The number of nitro groups is 1. The molecule has 8 heteroatoms. The number of hydrogen-bond donors (Lipinski definition) is 2. The van der Waals surface area contributed by atoms with Gasteiger partial charge in [-0.15, -0.1) is 0 Å². The Morgan fingerprint density at radius 3 is 2.56 bits per heavy atom. The molecule has 1 aromatic carbocycles. The van der Waals surface area contributed by atoms with Crippen LogP contribution in [0.2, 0.25) is 0 Å². The summed E-state index contributed by atoms with van der Waals surface area (Å²) in [4.78, 5) is 9.73. The molecule has 0 atom stereocenters.